The lowest BCUT2D eigenvalue weighted by Gasteiger charge is -2.08. The Morgan fingerprint density at radius 1 is 1.16 bits per heavy atom. The number of aromatic nitrogens is 1. The van der Waals surface area contributed by atoms with Crippen molar-refractivity contribution in [3.63, 3.8) is 0 Å². The van der Waals surface area contributed by atoms with Crippen molar-refractivity contribution in [2.75, 3.05) is 12.3 Å². The molecule has 1 heterocycles. The summed E-state index contributed by atoms with van der Waals surface area (Å²) in [5.74, 6) is -1.75. The highest BCUT2D eigenvalue weighted by molar-refractivity contribution is 5.39. The summed E-state index contributed by atoms with van der Waals surface area (Å²) in [6.45, 7) is 2.34. The van der Waals surface area contributed by atoms with Gasteiger partial charge in [0.1, 0.15) is 11.5 Å². The minimum Gasteiger partial charge on any atom is -0.494 e. The van der Waals surface area contributed by atoms with Gasteiger partial charge in [0.15, 0.2) is 17.5 Å². The van der Waals surface area contributed by atoms with Gasteiger partial charge in [-0.05, 0) is 19.1 Å². The van der Waals surface area contributed by atoms with Crippen LogP contribution in [0.25, 0.3) is 0 Å². The van der Waals surface area contributed by atoms with E-state index in [0.717, 1.165) is 0 Å². The second-order valence-corrected chi connectivity index (χ2v) is 3.65. The van der Waals surface area contributed by atoms with E-state index in [0.29, 0.717) is 24.2 Å². The summed E-state index contributed by atoms with van der Waals surface area (Å²) >= 11 is 0. The van der Waals surface area contributed by atoms with Crippen LogP contribution >= 0.6 is 0 Å². The van der Waals surface area contributed by atoms with Gasteiger partial charge < -0.3 is 15.2 Å². The third-order valence-corrected chi connectivity index (χ3v) is 2.26. The number of rotatable bonds is 4. The van der Waals surface area contributed by atoms with Crippen molar-refractivity contribution in [2.45, 2.75) is 6.92 Å². The van der Waals surface area contributed by atoms with Crippen LogP contribution in [0.15, 0.2) is 30.3 Å². The number of nitrogens with zero attached hydrogens (tertiary/aromatic N) is 1. The molecule has 0 atom stereocenters. The van der Waals surface area contributed by atoms with E-state index in [1.54, 1.807) is 24.3 Å². The lowest BCUT2D eigenvalue weighted by molar-refractivity contribution is 0.337. The molecule has 0 fully saturated rings. The van der Waals surface area contributed by atoms with Crippen molar-refractivity contribution in [3.05, 3.63) is 42.0 Å². The van der Waals surface area contributed by atoms with Crippen LogP contribution in [0.1, 0.15) is 6.92 Å². The average Bonchev–Trinajstić information content (AvgIpc) is 2.37. The second kappa shape index (κ2) is 5.51. The van der Waals surface area contributed by atoms with E-state index in [-0.39, 0.29) is 5.88 Å². The fraction of sp³-hybridized carbons (Fsp3) is 0.154. The number of ether oxygens (including phenoxy) is 2. The Labute approximate surface area is 108 Å². The van der Waals surface area contributed by atoms with E-state index in [9.17, 15) is 8.78 Å². The lowest BCUT2D eigenvalue weighted by Crippen LogP contribution is -2.00. The normalized spacial score (nSPS) is 10.3. The van der Waals surface area contributed by atoms with Gasteiger partial charge in [-0.1, -0.05) is 6.07 Å². The number of anilines is 1. The maximum atomic E-state index is 13.5. The Kier molecular flexibility index (Phi) is 3.79. The Balaban J connectivity index is 2.25. The molecular formula is C13H12F2N2O2. The maximum absolute atomic E-state index is 13.5. The molecule has 2 rings (SSSR count). The third kappa shape index (κ3) is 3.09. The van der Waals surface area contributed by atoms with Crippen molar-refractivity contribution >= 4 is 5.82 Å². The smallest absolute Gasteiger partial charge is 0.258 e. The van der Waals surface area contributed by atoms with Crippen molar-refractivity contribution in [2.24, 2.45) is 0 Å². The molecule has 4 nitrogen and oxygen atoms in total. The molecule has 1 aromatic heterocycles. The molecule has 0 aliphatic heterocycles. The summed E-state index contributed by atoms with van der Waals surface area (Å²) in [4.78, 5) is 3.51. The van der Waals surface area contributed by atoms with Crippen LogP contribution in [0, 0.1) is 11.6 Å². The highest BCUT2D eigenvalue weighted by atomic mass is 19.1. The number of nitrogen functional groups attached to an aromatic ring is 1. The molecule has 100 valence electrons. The monoisotopic (exact) mass is 266 g/mol. The first-order valence-electron chi connectivity index (χ1n) is 5.62. The summed E-state index contributed by atoms with van der Waals surface area (Å²) in [6, 6.07) is 7.22. The van der Waals surface area contributed by atoms with E-state index in [4.69, 9.17) is 15.2 Å². The zero-order chi connectivity index (χ0) is 13.8. The van der Waals surface area contributed by atoms with Gasteiger partial charge in [0.2, 0.25) is 0 Å². The van der Waals surface area contributed by atoms with Crippen LogP contribution in [0.5, 0.6) is 17.4 Å². The van der Waals surface area contributed by atoms with Gasteiger partial charge in [-0.25, -0.2) is 8.78 Å². The quantitative estimate of drug-likeness (QED) is 0.923. The molecule has 1 aromatic carbocycles. The largest absolute Gasteiger partial charge is 0.494 e. The summed E-state index contributed by atoms with van der Waals surface area (Å²) in [7, 11) is 0. The van der Waals surface area contributed by atoms with Crippen LogP contribution < -0.4 is 15.2 Å². The maximum Gasteiger partial charge on any atom is 0.258 e. The summed E-state index contributed by atoms with van der Waals surface area (Å²) in [6.07, 6.45) is 0. The number of nitrogens with two attached hydrogens (primary N) is 1. The Morgan fingerprint density at radius 2 is 1.89 bits per heavy atom. The van der Waals surface area contributed by atoms with Crippen molar-refractivity contribution in [3.8, 4) is 17.4 Å². The first-order valence-corrected chi connectivity index (χ1v) is 5.62. The molecule has 6 heteroatoms. The lowest BCUT2D eigenvalue weighted by atomic mass is 10.3. The summed E-state index contributed by atoms with van der Waals surface area (Å²) in [5.41, 5.74) is 5.26. The zero-order valence-corrected chi connectivity index (χ0v) is 10.2. The number of halogens is 2. The van der Waals surface area contributed by atoms with Crippen molar-refractivity contribution < 1.29 is 18.3 Å². The molecule has 0 unspecified atom stereocenters. The SMILES string of the molecule is CCOc1cccc(Oc2nc(N)c(F)cc2F)c1. The second-order valence-electron chi connectivity index (χ2n) is 3.65. The van der Waals surface area contributed by atoms with E-state index in [1.807, 2.05) is 6.92 Å². The van der Waals surface area contributed by atoms with Gasteiger partial charge in [-0.2, -0.15) is 4.98 Å². The number of benzene rings is 1. The molecule has 0 saturated heterocycles. The third-order valence-electron chi connectivity index (χ3n) is 2.26. The average molecular weight is 266 g/mol. The minimum atomic E-state index is -0.923. The molecule has 0 bridgehead atoms. The number of hydrogen-bond acceptors (Lipinski definition) is 4. The molecule has 0 spiro atoms. The van der Waals surface area contributed by atoms with Gasteiger partial charge in [0, 0.05) is 12.1 Å². The van der Waals surface area contributed by atoms with Gasteiger partial charge in [-0.15, -0.1) is 0 Å². The van der Waals surface area contributed by atoms with Crippen molar-refractivity contribution in [1.29, 1.82) is 0 Å². The predicted molar refractivity (Wildman–Crippen MR) is 66.3 cm³/mol. The molecule has 0 radical (unpaired) electrons. The van der Waals surface area contributed by atoms with Crippen LogP contribution in [-0.4, -0.2) is 11.6 Å². The molecule has 2 N–H and O–H groups in total. The van der Waals surface area contributed by atoms with Crippen LogP contribution in [-0.2, 0) is 0 Å². The van der Waals surface area contributed by atoms with Crippen LogP contribution in [0.4, 0.5) is 14.6 Å². The minimum absolute atomic E-state index is 0.323. The standard InChI is InChI=1S/C13H12F2N2O2/c1-2-18-8-4-3-5-9(6-8)19-13-11(15)7-10(14)12(16)17-13/h3-7H,2H2,1H3,(H2,16,17). The Hall–Kier alpha value is -2.37. The molecular weight excluding hydrogens is 254 g/mol. The number of pyridine rings is 1. The molecule has 0 aliphatic rings. The molecule has 0 saturated carbocycles. The van der Waals surface area contributed by atoms with E-state index < -0.39 is 17.5 Å². The highest BCUT2D eigenvalue weighted by Crippen LogP contribution is 2.27. The van der Waals surface area contributed by atoms with Crippen LogP contribution in [0.2, 0.25) is 0 Å². The fourth-order valence-corrected chi connectivity index (χ4v) is 1.44. The summed E-state index contributed by atoms with van der Waals surface area (Å²) in [5, 5.41) is 0. The van der Waals surface area contributed by atoms with Crippen molar-refractivity contribution in [1.82, 2.24) is 4.98 Å². The van der Waals surface area contributed by atoms with Crippen LogP contribution in [0.3, 0.4) is 0 Å². The number of hydrogen-bond donors (Lipinski definition) is 1. The fourth-order valence-electron chi connectivity index (χ4n) is 1.44. The van der Waals surface area contributed by atoms with E-state index in [2.05, 4.69) is 4.98 Å². The van der Waals surface area contributed by atoms with Gasteiger partial charge >= 0.3 is 0 Å². The summed E-state index contributed by atoms with van der Waals surface area (Å²) < 4.78 is 36.9. The first kappa shape index (κ1) is 13.1. The topological polar surface area (TPSA) is 57.4 Å². The zero-order valence-electron chi connectivity index (χ0n) is 10.2. The van der Waals surface area contributed by atoms with E-state index >= 15 is 0 Å². The molecule has 0 amide bonds. The molecule has 19 heavy (non-hydrogen) atoms. The van der Waals surface area contributed by atoms with Gasteiger partial charge in [-0.3, -0.25) is 0 Å². The van der Waals surface area contributed by atoms with Gasteiger partial charge in [0.05, 0.1) is 6.61 Å². The molecule has 2 aromatic rings. The Bertz CT molecular complexity index is 591. The van der Waals surface area contributed by atoms with Gasteiger partial charge in [0.25, 0.3) is 5.88 Å². The molecule has 0 aliphatic carbocycles. The van der Waals surface area contributed by atoms with E-state index in [1.165, 1.54) is 0 Å². The highest BCUT2D eigenvalue weighted by Gasteiger charge is 2.12. The predicted octanol–water partition coefficient (Wildman–Crippen LogP) is 3.13. The first-order chi connectivity index (χ1) is 9.10. The Morgan fingerprint density at radius 3 is 2.63 bits per heavy atom.